The van der Waals surface area contributed by atoms with E-state index >= 15 is 0 Å². The standard InChI is InChI=1S/C18H19N3O5/c1-11-9-13(3-8-16(11)26-25-12(2)22)10-20-18(24)21-17(23)14-4-6-15(19)7-5-14/h3-9H,10,19H2,1-2H3,(H2,20,21,23,24). The second-order valence-electron chi connectivity index (χ2n) is 5.52. The zero-order valence-corrected chi connectivity index (χ0v) is 14.4. The number of nitrogens with two attached hydrogens (primary N) is 1. The van der Waals surface area contributed by atoms with Gasteiger partial charge in [0.25, 0.3) is 5.91 Å². The first-order chi connectivity index (χ1) is 12.3. The van der Waals surface area contributed by atoms with Crippen LogP contribution < -0.4 is 21.3 Å². The molecular weight excluding hydrogens is 338 g/mol. The number of hydrogen-bond acceptors (Lipinski definition) is 6. The van der Waals surface area contributed by atoms with Crippen molar-refractivity contribution in [2.24, 2.45) is 0 Å². The molecule has 4 N–H and O–H groups in total. The first-order valence-electron chi connectivity index (χ1n) is 7.74. The average molecular weight is 357 g/mol. The van der Waals surface area contributed by atoms with E-state index in [1.165, 1.54) is 19.1 Å². The van der Waals surface area contributed by atoms with E-state index in [-0.39, 0.29) is 6.54 Å². The molecule has 26 heavy (non-hydrogen) atoms. The fourth-order valence-electron chi connectivity index (χ4n) is 2.05. The number of carbonyl (C=O) groups is 3. The van der Waals surface area contributed by atoms with Crippen molar-refractivity contribution in [2.45, 2.75) is 20.4 Å². The predicted molar refractivity (Wildman–Crippen MR) is 94.1 cm³/mol. The van der Waals surface area contributed by atoms with E-state index in [1.807, 2.05) is 0 Å². The summed E-state index contributed by atoms with van der Waals surface area (Å²) in [7, 11) is 0. The SMILES string of the molecule is CC(=O)OOc1ccc(CNC(=O)NC(=O)c2ccc(N)cc2)cc1C. The van der Waals surface area contributed by atoms with Gasteiger partial charge in [-0.3, -0.25) is 19.9 Å². The van der Waals surface area contributed by atoms with E-state index in [2.05, 4.69) is 15.5 Å². The van der Waals surface area contributed by atoms with Gasteiger partial charge in [-0.25, -0.2) is 9.59 Å². The molecule has 0 heterocycles. The van der Waals surface area contributed by atoms with Crippen LogP contribution in [0.1, 0.15) is 28.4 Å². The lowest BCUT2D eigenvalue weighted by molar-refractivity contribution is -0.211. The van der Waals surface area contributed by atoms with Crippen LogP contribution in [0.2, 0.25) is 0 Å². The maximum absolute atomic E-state index is 11.9. The molecule has 0 unspecified atom stereocenters. The number of benzene rings is 2. The van der Waals surface area contributed by atoms with Crippen LogP contribution in [0.3, 0.4) is 0 Å². The topological polar surface area (TPSA) is 120 Å². The van der Waals surface area contributed by atoms with Crippen LogP contribution in [0.25, 0.3) is 0 Å². The molecule has 0 atom stereocenters. The quantitative estimate of drug-likeness (QED) is 0.428. The molecule has 0 aliphatic heterocycles. The minimum absolute atomic E-state index is 0.204. The highest BCUT2D eigenvalue weighted by Crippen LogP contribution is 2.19. The van der Waals surface area contributed by atoms with Crippen molar-refractivity contribution in [1.29, 1.82) is 0 Å². The molecule has 0 radical (unpaired) electrons. The predicted octanol–water partition coefficient (Wildman–Crippen LogP) is 2.07. The van der Waals surface area contributed by atoms with Crippen LogP contribution in [0.5, 0.6) is 5.75 Å². The summed E-state index contributed by atoms with van der Waals surface area (Å²) in [5.41, 5.74) is 7.92. The van der Waals surface area contributed by atoms with Gasteiger partial charge in [-0.15, -0.1) is 0 Å². The van der Waals surface area contributed by atoms with Crippen LogP contribution in [-0.4, -0.2) is 17.9 Å². The molecule has 0 fully saturated rings. The van der Waals surface area contributed by atoms with Gasteiger partial charge in [0, 0.05) is 24.7 Å². The Morgan fingerprint density at radius 1 is 1.08 bits per heavy atom. The molecule has 0 aliphatic carbocycles. The number of nitrogens with one attached hydrogen (secondary N) is 2. The molecule has 0 saturated heterocycles. The first kappa shape index (κ1) is 18.8. The summed E-state index contributed by atoms with van der Waals surface area (Å²) in [5.74, 6) is -0.687. The second-order valence-corrected chi connectivity index (χ2v) is 5.52. The minimum atomic E-state index is -0.621. The first-order valence-corrected chi connectivity index (χ1v) is 7.74. The lowest BCUT2D eigenvalue weighted by Crippen LogP contribution is -2.39. The molecule has 3 amide bonds. The molecule has 0 saturated carbocycles. The Kier molecular flexibility index (Phi) is 6.15. The summed E-state index contributed by atoms with van der Waals surface area (Å²) in [4.78, 5) is 43.9. The van der Waals surface area contributed by atoms with E-state index in [9.17, 15) is 14.4 Å². The average Bonchev–Trinajstić information content (AvgIpc) is 2.59. The second kappa shape index (κ2) is 8.52. The lowest BCUT2D eigenvalue weighted by Gasteiger charge is -2.10. The normalized spacial score (nSPS) is 9.92. The van der Waals surface area contributed by atoms with E-state index < -0.39 is 17.9 Å². The minimum Gasteiger partial charge on any atom is -0.399 e. The van der Waals surface area contributed by atoms with Crippen molar-refractivity contribution in [3.63, 3.8) is 0 Å². The Balaban J connectivity index is 1.86. The molecular formula is C18H19N3O5. The third-order valence-corrected chi connectivity index (χ3v) is 3.34. The van der Waals surface area contributed by atoms with Gasteiger partial charge in [-0.1, -0.05) is 12.1 Å². The maximum atomic E-state index is 11.9. The molecule has 0 aliphatic rings. The van der Waals surface area contributed by atoms with Gasteiger partial charge in [0.15, 0.2) is 5.75 Å². The number of carbonyl (C=O) groups excluding carboxylic acids is 3. The summed E-state index contributed by atoms with van der Waals surface area (Å²) in [6, 6.07) is 10.7. The molecule has 0 spiro atoms. The Labute approximate surface area is 150 Å². The zero-order valence-electron chi connectivity index (χ0n) is 14.4. The highest BCUT2D eigenvalue weighted by Gasteiger charge is 2.10. The third-order valence-electron chi connectivity index (χ3n) is 3.34. The molecule has 2 aromatic rings. The zero-order chi connectivity index (χ0) is 19.1. The van der Waals surface area contributed by atoms with Gasteiger partial charge in [0.05, 0.1) is 0 Å². The fourth-order valence-corrected chi connectivity index (χ4v) is 2.05. The van der Waals surface area contributed by atoms with Crippen molar-refractivity contribution in [2.75, 3.05) is 5.73 Å². The monoisotopic (exact) mass is 357 g/mol. The Bertz CT molecular complexity index is 818. The third kappa shape index (κ3) is 5.52. The van der Waals surface area contributed by atoms with Gasteiger partial charge in [-0.05, 0) is 48.4 Å². The molecule has 8 heteroatoms. The van der Waals surface area contributed by atoms with E-state index in [0.717, 1.165) is 11.1 Å². The molecule has 0 bridgehead atoms. The van der Waals surface area contributed by atoms with Gasteiger partial charge in [0.1, 0.15) is 0 Å². The van der Waals surface area contributed by atoms with Gasteiger partial charge >= 0.3 is 12.0 Å². The van der Waals surface area contributed by atoms with E-state index in [1.54, 1.807) is 37.3 Å². The van der Waals surface area contributed by atoms with E-state index in [0.29, 0.717) is 17.0 Å². The van der Waals surface area contributed by atoms with Crippen molar-refractivity contribution in [3.8, 4) is 5.75 Å². The number of aryl methyl sites for hydroxylation is 1. The number of amides is 3. The lowest BCUT2D eigenvalue weighted by atomic mass is 10.1. The fraction of sp³-hybridized carbons (Fsp3) is 0.167. The summed E-state index contributed by atoms with van der Waals surface area (Å²) >= 11 is 0. The van der Waals surface area contributed by atoms with Gasteiger partial charge in [-0.2, -0.15) is 0 Å². The Morgan fingerprint density at radius 2 is 1.77 bits per heavy atom. The number of rotatable bonds is 5. The van der Waals surface area contributed by atoms with Crippen molar-refractivity contribution >= 4 is 23.6 Å². The number of imide groups is 1. The summed E-state index contributed by atoms with van der Waals surface area (Å²) in [6.07, 6.45) is 0. The van der Waals surface area contributed by atoms with Crippen LogP contribution >= 0.6 is 0 Å². The summed E-state index contributed by atoms with van der Waals surface area (Å²) in [5, 5.41) is 4.82. The number of hydrogen-bond donors (Lipinski definition) is 3. The molecule has 2 rings (SSSR count). The highest BCUT2D eigenvalue weighted by atomic mass is 17.2. The highest BCUT2D eigenvalue weighted by molar-refractivity contribution is 6.04. The number of nitrogen functional groups attached to an aromatic ring is 1. The van der Waals surface area contributed by atoms with Crippen LogP contribution in [-0.2, 0) is 16.2 Å². The molecule has 0 aromatic heterocycles. The molecule has 2 aromatic carbocycles. The smallest absolute Gasteiger partial charge is 0.352 e. The Morgan fingerprint density at radius 3 is 2.38 bits per heavy atom. The largest absolute Gasteiger partial charge is 0.399 e. The summed E-state index contributed by atoms with van der Waals surface area (Å²) in [6.45, 7) is 3.21. The Hall–Kier alpha value is -3.55. The van der Waals surface area contributed by atoms with Crippen LogP contribution in [0.4, 0.5) is 10.5 Å². The maximum Gasteiger partial charge on any atom is 0.352 e. The van der Waals surface area contributed by atoms with Crippen LogP contribution in [0, 0.1) is 6.92 Å². The van der Waals surface area contributed by atoms with Crippen molar-refractivity contribution < 1.29 is 24.2 Å². The van der Waals surface area contributed by atoms with Gasteiger partial charge < -0.3 is 11.1 Å². The van der Waals surface area contributed by atoms with Crippen molar-refractivity contribution in [3.05, 3.63) is 59.2 Å². The van der Waals surface area contributed by atoms with Crippen molar-refractivity contribution in [1.82, 2.24) is 10.6 Å². The van der Waals surface area contributed by atoms with Gasteiger partial charge in [0.2, 0.25) is 0 Å². The number of urea groups is 1. The summed E-state index contributed by atoms with van der Waals surface area (Å²) < 4.78 is 0. The van der Waals surface area contributed by atoms with E-state index in [4.69, 9.17) is 10.6 Å². The number of anilines is 1. The van der Waals surface area contributed by atoms with Crippen LogP contribution in [0.15, 0.2) is 42.5 Å². The molecule has 136 valence electrons. The molecule has 8 nitrogen and oxygen atoms in total.